The van der Waals surface area contributed by atoms with Gasteiger partial charge in [0.1, 0.15) is 0 Å². The molecule has 1 heterocycles. The molecule has 1 aromatic heterocycles. The van der Waals surface area contributed by atoms with E-state index in [0.29, 0.717) is 11.2 Å². The van der Waals surface area contributed by atoms with Gasteiger partial charge in [0, 0.05) is 5.39 Å². The molecule has 0 fully saturated rings. The fourth-order valence-electron chi connectivity index (χ4n) is 1.98. The number of nitrogens with one attached hydrogen (secondary N) is 1. The van der Waals surface area contributed by atoms with E-state index in [0.717, 1.165) is 11.8 Å². The average molecular weight is 283 g/mol. The number of carbonyl (C=O) groups is 1. The summed E-state index contributed by atoms with van der Waals surface area (Å²) in [7, 11) is 0. The largest absolute Gasteiger partial charge is 0.461 e. The Hall–Kier alpha value is -2.61. The number of hydrogen-bond acceptors (Lipinski definition) is 5. The molecule has 0 aliphatic carbocycles. The van der Waals surface area contributed by atoms with Crippen LogP contribution >= 0.6 is 0 Å². The minimum atomic E-state index is -0.509. The molecule has 1 aromatic carbocycles. The minimum Gasteiger partial charge on any atom is -0.461 e. The van der Waals surface area contributed by atoms with Crippen LogP contribution in [0, 0.1) is 12.3 Å². The Morgan fingerprint density at radius 1 is 1.38 bits per heavy atom. The van der Waals surface area contributed by atoms with E-state index in [9.17, 15) is 4.79 Å². The second kappa shape index (κ2) is 6.71. The highest BCUT2D eigenvalue weighted by molar-refractivity contribution is 6.03. The number of aromatic nitrogens is 2. The summed E-state index contributed by atoms with van der Waals surface area (Å²) in [6.07, 6.45) is 6.23. The maximum absolute atomic E-state index is 12.1. The lowest BCUT2D eigenvalue weighted by molar-refractivity contribution is 0.0519. The summed E-state index contributed by atoms with van der Waals surface area (Å²) in [6, 6.07) is 7.26. The van der Waals surface area contributed by atoms with E-state index in [4.69, 9.17) is 11.2 Å². The lowest BCUT2D eigenvalue weighted by Gasteiger charge is -2.16. The first kappa shape index (κ1) is 14.8. The van der Waals surface area contributed by atoms with Crippen molar-refractivity contribution in [3.05, 3.63) is 30.0 Å². The highest BCUT2D eigenvalue weighted by Gasteiger charge is 2.20. The molecule has 2 rings (SSSR count). The Morgan fingerprint density at radius 2 is 2.14 bits per heavy atom. The molecule has 5 nitrogen and oxygen atoms in total. The van der Waals surface area contributed by atoms with Gasteiger partial charge in [0.25, 0.3) is 0 Å². The van der Waals surface area contributed by atoms with Gasteiger partial charge in [0.05, 0.1) is 23.9 Å². The van der Waals surface area contributed by atoms with Crippen LogP contribution in [0.25, 0.3) is 10.9 Å². The fraction of sp³-hybridized carbons (Fsp3) is 0.312. The van der Waals surface area contributed by atoms with E-state index in [1.165, 1.54) is 0 Å². The van der Waals surface area contributed by atoms with Crippen LogP contribution in [0.4, 0.5) is 5.69 Å². The topological polar surface area (TPSA) is 64.1 Å². The van der Waals surface area contributed by atoms with E-state index >= 15 is 0 Å². The lowest BCUT2D eigenvalue weighted by atomic mass is 10.1. The molecule has 0 saturated carbocycles. The van der Waals surface area contributed by atoms with Gasteiger partial charge in [-0.15, -0.1) is 16.6 Å². The van der Waals surface area contributed by atoms with Gasteiger partial charge in [0.15, 0.2) is 5.69 Å². The number of nitrogens with zero attached hydrogens (tertiary/aromatic N) is 2. The standard InChI is InChI=1S/C16H17N3O2/c1-4-11(5-2)17-14-12-9-7-8-10-13(12)18-19-15(14)16(20)21-6-3/h1,7-11H,5-6H2,2-3H3,(H,17,18). The normalized spacial score (nSPS) is 11.7. The summed E-state index contributed by atoms with van der Waals surface area (Å²) in [4.78, 5) is 12.1. The van der Waals surface area contributed by atoms with Crippen molar-refractivity contribution in [2.24, 2.45) is 0 Å². The van der Waals surface area contributed by atoms with E-state index in [-0.39, 0.29) is 18.3 Å². The van der Waals surface area contributed by atoms with Crippen molar-refractivity contribution in [2.75, 3.05) is 11.9 Å². The molecule has 0 spiro atoms. The quantitative estimate of drug-likeness (QED) is 0.675. The smallest absolute Gasteiger partial charge is 0.361 e. The van der Waals surface area contributed by atoms with Crippen molar-refractivity contribution in [3.63, 3.8) is 0 Å². The number of terminal acetylenes is 1. The van der Waals surface area contributed by atoms with Crippen molar-refractivity contribution in [1.82, 2.24) is 10.2 Å². The van der Waals surface area contributed by atoms with Gasteiger partial charge < -0.3 is 10.1 Å². The number of hydrogen-bond donors (Lipinski definition) is 1. The van der Waals surface area contributed by atoms with E-state index in [2.05, 4.69) is 21.4 Å². The Morgan fingerprint density at radius 3 is 2.81 bits per heavy atom. The molecule has 1 N–H and O–H groups in total. The van der Waals surface area contributed by atoms with Crippen molar-refractivity contribution in [2.45, 2.75) is 26.3 Å². The molecule has 1 atom stereocenters. The van der Waals surface area contributed by atoms with Crippen LogP contribution in [0.1, 0.15) is 30.8 Å². The summed E-state index contributed by atoms with van der Waals surface area (Å²) in [5.74, 6) is 2.14. The Bertz CT molecular complexity index is 691. The molecule has 0 bridgehead atoms. The molecule has 2 aromatic rings. The zero-order valence-corrected chi connectivity index (χ0v) is 12.1. The summed E-state index contributed by atoms with van der Waals surface area (Å²) < 4.78 is 5.03. The average Bonchev–Trinajstić information content (AvgIpc) is 2.52. The third kappa shape index (κ3) is 3.11. The monoisotopic (exact) mass is 283 g/mol. The number of carbonyl (C=O) groups excluding carboxylic acids is 1. The van der Waals surface area contributed by atoms with E-state index in [1.54, 1.807) is 6.92 Å². The molecule has 108 valence electrons. The Balaban J connectivity index is 2.57. The van der Waals surface area contributed by atoms with Crippen LogP contribution in [-0.2, 0) is 4.74 Å². The maximum atomic E-state index is 12.1. The highest BCUT2D eigenvalue weighted by Crippen LogP contribution is 2.25. The van der Waals surface area contributed by atoms with Gasteiger partial charge in [-0.1, -0.05) is 31.0 Å². The molecule has 0 aliphatic rings. The molecule has 0 amide bonds. The molecule has 0 aliphatic heterocycles. The molecule has 5 heteroatoms. The maximum Gasteiger partial charge on any atom is 0.361 e. The Labute approximate surface area is 123 Å². The van der Waals surface area contributed by atoms with Gasteiger partial charge >= 0.3 is 5.97 Å². The molecule has 0 saturated heterocycles. The van der Waals surface area contributed by atoms with Crippen LogP contribution in [-0.4, -0.2) is 28.8 Å². The molecule has 1 unspecified atom stereocenters. The SMILES string of the molecule is C#CC(CC)Nc1c(C(=O)OCC)nnc2ccccc12. The number of ether oxygens (including phenoxy) is 1. The van der Waals surface area contributed by atoms with Crippen LogP contribution < -0.4 is 5.32 Å². The highest BCUT2D eigenvalue weighted by atomic mass is 16.5. The summed E-state index contributed by atoms with van der Waals surface area (Å²) in [5.41, 5.74) is 1.42. The van der Waals surface area contributed by atoms with Crippen molar-refractivity contribution in [3.8, 4) is 12.3 Å². The first-order valence-corrected chi connectivity index (χ1v) is 6.86. The predicted octanol–water partition coefficient (Wildman–Crippen LogP) is 2.63. The van der Waals surface area contributed by atoms with Gasteiger partial charge in [-0.05, 0) is 19.4 Å². The fourth-order valence-corrected chi connectivity index (χ4v) is 1.98. The van der Waals surface area contributed by atoms with Crippen LogP contribution in [0.15, 0.2) is 24.3 Å². The van der Waals surface area contributed by atoms with Crippen molar-refractivity contribution >= 4 is 22.6 Å². The van der Waals surface area contributed by atoms with Crippen LogP contribution in [0.3, 0.4) is 0 Å². The summed E-state index contributed by atoms with van der Waals surface area (Å²) in [6.45, 7) is 3.99. The van der Waals surface area contributed by atoms with E-state index < -0.39 is 5.97 Å². The number of fused-ring (bicyclic) bond motifs is 1. The zero-order chi connectivity index (χ0) is 15.2. The van der Waals surface area contributed by atoms with Crippen molar-refractivity contribution in [1.29, 1.82) is 0 Å². The van der Waals surface area contributed by atoms with Gasteiger partial charge in [-0.2, -0.15) is 0 Å². The summed E-state index contributed by atoms with van der Waals surface area (Å²) >= 11 is 0. The number of benzene rings is 1. The predicted molar refractivity (Wildman–Crippen MR) is 82.0 cm³/mol. The van der Waals surface area contributed by atoms with Crippen molar-refractivity contribution < 1.29 is 9.53 Å². The third-order valence-electron chi connectivity index (χ3n) is 3.06. The molecule has 0 radical (unpaired) electrons. The zero-order valence-electron chi connectivity index (χ0n) is 12.1. The molecular weight excluding hydrogens is 266 g/mol. The van der Waals surface area contributed by atoms with Crippen LogP contribution in [0.5, 0.6) is 0 Å². The second-order valence-electron chi connectivity index (χ2n) is 4.43. The van der Waals surface area contributed by atoms with Gasteiger partial charge in [-0.25, -0.2) is 4.79 Å². The number of anilines is 1. The van der Waals surface area contributed by atoms with Crippen LogP contribution in [0.2, 0.25) is 0 Å². The third-order valence-corrected chi connectivity index (χ3v) is 3.06. The lowest BCUT2D eigenvalue weighted by Crippen LogP contribution is -2.20. The van der Waals surface area contributed by atoms with E-state index in [1.807, 2.05) is 31.2 Å². The second-order valence-corrected chi connectivity index (χ2v) is 4.43. The Kier molecular flexibility index (Phi) is 4.72. The number of rotatable bonds is 5. The number of esters is 1. The first-order chi connectivity index (χ1) is 10.2. The van der Waals surface area contributed by atoms with Gasteiger partial charge in [0.2, 0.25) is 0 Å². The summed E-state index contributed by atoms with van der Waals surface area (Å²) in [5, 5.41) is 12.0. The molecular formula is C16H17N3O2. The first-order valence-electron chi connectivity index (χ1n) is 6.86. The van der Waals surface area contributed by atoms with Gasteiger partial charge in [-0.3, -0.25) is 0 Å². The molecule has 21 heavy (non-hydrogen) atoms. The minimum absolute atomic E-state index is 0.157.